The molecule has 1 atom stereocenters. The molecule has 31 heavy (non-hydrogen) atoms. The van der Waals surface area contributed by atoms with Crippen LogP contribution in [0.25, 0.3) is 6.08 Å². The third-order valence-electron chi connectivity index (χ3n) is 4.58. The van der Waals surface area contributed by atoms with Crippen molar-refractivity contribution in [3.8, 4) is 5.75 Å². The van der Waals surface area contributed by atoms with Crippen molar-refractivity contribution in [2.24, 2.45) is 0 Å². The van der Waals surface area contributed by atoms with Crippen LogP contribution in [-0.2, 0) is 19.1 Å². The van der Waals surface area contributed by atoms with E-state index in [1.807, 2.05) is 44.2 Å². The molecule has 0 bridgehead atoms. The molecule has 0 aliphatic rings. The lowest BCUT2D eigenvalue weighted by atomic mass is 10.1. The van der Waals surface area contributed by atoms with Crippen LogP contribution < -0.4 is 15.4 Å². The van der Waals surface area contributed by atoms with Crippen LogP contribution in [0.5, 0.6) is 5.75 Å². The summed E-state index contributed by atoms with van der Waals surface area (Å²) in [5.41, 5.74) is 3.42. The maximum absolute atomic E-state index is 12.3. The molecule has 7 nitrogen and oxygen atoms in total. The monoisotopic (exact) mass is 424 g/mol. The normalized spacial score (nSPS) is 11.6. The van der Waals surface area contributed by atoms with E-state index in [1.54, 1.807) is 25.3 Å². The summed E-state index contributed by atoms with van der Waals surface area (Å²) in [5.74, 6) is -0.567. The van der Waals surface area contributed by atoms with Gasteiger partial charge in [-0.2, -0.15) is 0 Å². The van der Waals surface area contributed by atoms with Gasteiger partial charge in [0.15, 0.2) is 6.10 Å². The van der Waals surface area contributed by atoms with E-state index in [-0.39, 0.29) is 18.9 Å². The molecule has 0 aliphatic heterocycles. The van der Waals surface area contributed by atoms with Gasteiger partial charge in [-0.15, -0.1) is 0 Å². The maximum Gasteiger partial charge on any atom is 0.308 e. The van der Waals surface area contributed by atoms with Gasteiger partial charge in [0.05, 0.1) is 13.5 Å². The van der Waals surface area contributed by atoms with Gasteiger partial charge in [0.25, 0.3) is 5.91 Å². The lowest BCUT2D eigenvalue weighted by molar-refractivity contribution is -0.153. The summed E-state index contributed by atoms with van der Waals surface area (Å²) in [7, 11) is 1.58. The zero-order valence-electron chi connectivity index (χ0n) is 18.2. The molecule has 164 valence electrons. The third kappa shape index (κ3) is 7.62. The highest BCUT2D eigenvalue weighted by Crippen LogP contribution is 2.19. The van der Waals surface area contributed by atoms with Crippen molar-refractivity contribution in [2.45, 2.75) is 33.3 Å². The number of hydrogen-bond donors (Lipinski definition) is 2. The predicted molar refractivity (Wildman–Crippen MR) is 120 cm³/mol. The Morgan fingerprint density at radius 1 is 1.03 bits per heavy atom. The number of carbonyl (C=O) groups is 3. The molecule has 7 heteroatoms. The van der Waals surface area contributed by atoms with Crippen molar-refractivity contribution < 1.29 is 23.9 Å². The number of aryl methyl sites for hydroxylation is 2. The van der Waals surface area contributed by atoms with Crippen molar-refractivity contribution in [2.75, 3.05) is 19.0 Å². The van der Waals surface area contributed by atoms with Crippen LogP contribution in [0.1, 0.15) is 30.0 Å². The molecule has 2 aromatic carbocycles. The van der Waals surface area contributed by atoms with Crippen LogP contribution in [-0.4, -0.2) is 37.5 Å². The zero-order chi connectivity index (χ0) is 22.8. The van der Waals surface area contributed by atoms with E-state index >= 15 is 0 Å². The SMILES string of the molecule is COc1ccc(/C=C/C(=O)NCCC(=O)O[C@@H](C)C(=O)Nc2c(C)cccc2C)cc1. The first-order valence-electron chi connectivity index (χ1n) is 9.96. The van der Waals surface area contributed by atoms with Crippen LogP contribution in [0.3, 0.4) is 0 Å². The first-order valence-corrected chi connectivity index (χ1v) is 9.96. The van der Waals surface area contributed by atoms with Crippen LogP contribution in [0.2, 0.25) is 0 Å². The van der Waals surface area contributed by atoms with Gasteiger partial charge in [0, 0.05) is 18.3 Å². The Bertz CT molecular complexity index is 931. The molecule has 0 spiro atoms. The fourth-order valence-corrected chi connectivity index (χ4v) is 2.78. The summed E-state index contributed by atoms with van der Waals surface area (Å²) < 4.78 is 10.2. The highest BCUT2D eigenvalue weighted by molar-refractivity contribution is 5.96. The van der Waals surface area contributed by atoms with E-state index in [2.05, 4.69) is 10.6 Å². The number of ether oxygens (including phenoxy) is 2. The molecular formula is C24H28N2O5. The van der Waals surface area contributed by atoms with Gasteiger partial charge in [0.1, 0.15) is 5.75 Å². The molecule has 0 aliphatic carbocycles. The Balaban J connectivity index is 1.73. The average Bonchev–Trinajstić information content (AvgIpc) is 2.75. The van der Waals surface area contributed by atoms with E-state index in [0.717, 1.165) is 22.4 Å². The summed E-state index contributed by atoms with van der Waals surface area (Å²) in [6, 6.07) is 12.9. The number of anilines is 1. The number of carbonyl (C=O) groups excluding carboxylic acids is 3. The number of nitrogens with one attached hydrogen (secondary N) is 2. The van der Waals surface area contributed by atoms with Gasteiger partial charge in [-0.1, -0.05) is 30.3 Å². The van der Waals surface area contributed by atoms with Crippen LogP contribution >= 0.6 is 0 Å². The zero-order valence-corrected chi connectivity index (χ0v) is 18.2. The number of rotatable bonds is 9. The fraction of sp³-hybridized carbons (Fsp3) is 0.292. The topological polar surface area (TPSA) is 93.7 Å². The Kier molecular flexibility index (Phi) is 8.81. The van der Waals surface area contributed by atoms with Gasteiger partial charge in [-0.3, -0.25) is 14.4 Å². The second-order valence-corrected chi connectivity index (χ2v) is 7.04. The highest BCUT2D eigenvalue weighted by Gasteiger charge is 2.19. The molecule has 2 amide bonds. The summed E-state index contributed by atoms with van der Waals surface area (Å²) in [6.07, 6.45) is 2.06. The Hall–Kier alpha value is -3.61. The molecule has 0 unspecified atom stereocenters. The highest BCUT2D eigenvalue weighted by atomic mass is 16.5. The van der Waals surface area contributed by atoms with Gasteiger partial charge in [0.2, 0.25) is 5.91 Å². The Morgan fingerprint density at radius 3 is 2.29 bits per heavy atom. The van der Waals surface area contributed by atoms with E-state index in [1.165, 1.54) is 13.0 Å². The average molecular weight is 424 g/mol. The van der Waals surface area contributed by atoms with E-state index in [4.69, 9.17) is 9.47 Å². The number of hydrogen-bond acceptors (Lipinski definition) is 5. The first kappa shape index (κ1) is 23.7. The standard InChI is InChI=1S/C24H28N2O5/c1-16-6-5-7-17(2)23(16)26-24(29)18(3)31-22(28)14-15-25-21(27)13-10-19-8-11-20(30-4)12-9-19/h5-13,18H,14-15H2,1-4H3,(H,25,27)(H,26,29)/b13-10+/t18-/m0/s1. The number of esters is 1. The molecular weight excluding hydrogens is 396 g/mol. The Morgan fingerprint density at radius 2 is 1.68 bits per heavy atom. The number of benzene rings is 2. The molecule has 2 N–H and O–H groups in total. The van der Waals surface area contributed by atoms with Crippen molar-refractivity contribution in [1.29, 1.82) is 0 Å². The molecule has 0 heterocycles. The van der Waals surface area contributed by atoms with Gasteiger partial charge in [-0.05, 0) is 55.7 Å². The molecule has 0 saturated carbocycles. The minimum Gasteiger partial charge on any atom is -0.497 e. The van der Waals surface area contributed by atoms with E-state index in [9.17, 15) is 14.4 Å². The quantitative estimate of drug-likeness (QED) is 0.475. The molecule has 0 saturated heterocycles. The van der Waals surface area contributed by atoms with Crippen LogP contribution in [0.4, 0.5) is 5.69 Å². The number of para-hydroxylation sites is 1. The summed E-state index contributed by atoms with van der Waals surface area (Å²) >= 11 is 0. The number of amides is 2. The minimum atomic E-state index is -0.947. The second kappa shape index (κ2) is 11.5. The molecule has 0 fully saturated rings. The van der Waals surface area contributed by atoms with Crippen molar-refractivity contribution in [3.05, 3.63) is 65.2 Å². The van der Waals surface area contributed by atoms with Crippen LogP contribution in [0.15, 0.2) is 48.5 Å². The third-order valence-corrected chi connectivity index (χ3v) is 4.58. The van der Waals surface area contributed by atoms with Crippen molar-refractivity contribution in [1.82, 2.24) is 5.32 Å². The first-order chi connectivity index (χ1) is 14.8. The van der Waals surface area contributed by atoms with Gasteiger partial charge >= 0.3 is 5.97 Å². The predicted octanol–water partition coefficient (Wildman–Crippen LogP) is 3.40. The smallest absolute Gasteiger partial charge is 0.308 e. The summed E-state index contributed by atoms with van der Waals surface area (Å²) in [6.45, 7) is 5.41. The molecule has 2 aromatic rings. The number of methoxy groups -OCH3 is 1. The largest absolute Gasteiger partial charge is 0.497 e. The van der Waals surface area contributed by atoms with Crippen molar-refractivity contribution in [3.63, 3.8) is 0 Å². The molecule has 0 radical (unpaired) electrons. The second-order valence-electron chi connectivity index (χ2n) is 7.04. The summed E-state index contributed by atoms with van der Waals surface area (Å²) in [5, 5.41) is 5.41. The van der Waals surface area contributed by atoms with E-state index < -0.39 is 18.0 Å². The van der Waals surface area contributed by atoms with Crippen molar-refractivity contribution >= 4 is 29.5 Å². The minimum absolute atomic E-state index is 0.0386. The summed E-state index contributed by atoms with van der Waals surface area (Å²) in [4.78, 5) is 36.2. The lowest BCUT2D eigenvalue weighted by Gasteiger charge is -2.16. The molecule has 0 aromatic heterocycles. The maximum atomic E-state index is 12.3. The Labute approximate surface area is 182 Å². The van der Waals surface area contributed by atoms with Crippen LogP contribution in [0, 0.1) is 13.8 Å². The van der Waals surface area contributed by atoms with Gasteiger partial charge < -0.3 is 20.1 Å². The molecule has 2 rings (SSSR count). The van der Waals surface area contributed by atoms with Gasteiger partial charge in [-0.25, -0.2) is 0 Å². The lowest BCUT2D eigenvalue weighted by Crippen LogP contribution is -2.32. The fourth-order valence-electron chi connectivity index (χ4n) is 2.78. The van der Waals surface area contributed by atoms with E-state index in [0.29, 0.717) is 5.69 Å².